The molecule has 1 aromatic heterocycles. The van der Waals surface area contributed by atoms with Crippen LogP contribution in [0.15, 0.2) is 24.5 Å². The van der Waals surface area contributed by atoms with Crippen molar-refractivity contribution in [1.29, 1.82) is 0 Å². The molecular formula is C21H26F3N3O6. The third-order valence-corrected chi connectivity index (χ3v) is 5.77. The maximum absolute atomic E-state index is 12.9. The lowest BCUT2D eigenvalue weighted by atomic mass is 9.75. The van der Waals surface area contributed by atoms with Crippen molar-refractivity contribution in [3.05, 3.63) is 30.1 Å². The van der Waals surface area contributed by atoms with E-state index in [2.05, 4.69) is 4.98 Å². The molecule has 2 amide bonds. The lowest BCUT2D eigenvalue weighted by molar-refractivity contribution is -0.192. The van der Waals surface area contributed by atoms with E-state index in [-0.39, 0.29) is 23.7 Å². The lowest BCUT2D eigenvalue weighted by Gasteiger charge is -2.31. The third-order valence-electron chi connectivity index (χ3n) is 5.77. The van der Waals surface area contributed by atoms with Crippen LogP contribution < -0.4 is 0 Å². The second-order valence-corrected chi connectivity index (χ2v) is 7.87. The molecule has 3 rings (SSSR count). The number of hydrogen-bond donors (Lipinski definition) is 1. The van der Waals surface area contributed by atoms with E-state index in [1.54, 1.807) is 41.2 Å². The van der Waals surface area contributed by atoms with Crippen LogP contribution in [0.3, 0.4) is 0 Å². The molecule has 0 radical (unpaired) electrons. The van der Waals surface area contributed by atoms with Crippen LogP contribution in [0.2, 0.25) is 0 Å². The number of likely N-dealkylation sites (tertiary alicyclic amines) is 2. The average molecular weight is 473 g/mol. The van der Waals surface area contributed by atoms with Crippen LogP contribution in [-0.2, 0) is 19.1 Å². The molecule has 1 N–H and O–H groups in total. The number of ether oxygens (including phenoxy) is 1. The Morgan fingerprint density at radius 3 is 2.27 bits per heavy atom. The van der Waals surface area contributed by atoms with Crippen molar-refractivity contribution in [2.24, 2.45) is 11.3 Å². The predicted octanol–water partition coefficient (Wildman–Crippen LogP) is 1.98. The van der Waals surface area contributed by atoms with Gasteiger partial charge in [-0.05, 0) is 31.9 Å². The molecule has 182 valence electrons. The largest absolute Gasteiger partial charge is 0.490 e. The fourth-order valence-electron chi connectivity index (χ4n) is 4.14. The summed E-state index contributed by atoms with van der Waals surface area (Å²) in [5, 5.41) is 7.12. The molecule has 1 aromatic rings. The van der Waals surface area contributed by atoms with E-state index >= 15 is 0 Å². The molecule has 2 aliphatic rings. The Labute approximate surface area is 188 Å². The topological polar surface area (TPSA) is 117 Å². The lowest BCUT2D eigenvalue weighted by Crippen LogP contribution is -2.43. The quantitative estimate of drug-likeness (QED) is 0.667. The summed E-state index contributed by atoms with van der Waals surface area (Å²) in [5.74, 6) is -3.22. The minimum atomic E-state index is -5.08. The molecule has 2 atom stereocenters. The van der Waals surface area contributed by atoms with Gasteiger partial charge in [-0.1, -0.05) is 0 Å². The van der Waals surface area contributed by atoms with Gasteiger partial charge in [-0.25, -0.2) is 4.79 Å². The minimum Gasteiger partial charge on any atom is -0.475 e. The number of aromatic nitrogens is 1. The van der Waals surface area contributed by atoms with Crippen LogP contribution in [0, 0.1) is 11.3 Å². The second-order valence-electron chi connectivity index (χ2n) is 7.87. The molecule has 0 aliphatic carbocycles. The molecule has 2 aliphatic heterocycles. The number of amides is 2. The highest BCUT2D eigenvalue weighted by molar-refractivity contribution is 5.94. The van der Waals surface area contributed by atoms with Gasteiger partial charge >= 0.3 is 18.1 Å². The van der Waals surface area contributed by atoms with E-state index in [1.165, 1.54) is 6.92 Å². The Balaban J connectivity index is 0.000000479. The first-order valence-corrected chi connectivity index (χ1v) is 10.3. The monoisotopic (exact) mass is 473 g/mol. The number of carboxylic acids is 1. The van der Waals surface area contributed by atoms with Gasteiger partial charge in [-0.2, -0.15) is 13.2 Å². The van der Waals surface area contributed by atoms with E-state index < -0.39 is 17.6 Å². The number of hydrogen-bond acceptors (Lipinski definition) is 6. The van der Waals surface area contributed by atoms with Gasteiger partial charge in [0.05, 0.1) is 12.0 Å². The van der Waals surface area contributed by atoms with Gasteiger partial charge in [0.15, 0.2) is 0 Å². The highest BCUT2D eigenvalue weighted by atomic mass is 19.4. The van der Waals surface area contributed by atoms with E-state index in [9.17, 15) is 27.6 Å². The summed E-state index contributed by atoms with van der Waals surface area (Å²) >= 11 is 0. The van der Waals surface area contributed by atoms with Gasteiger partial charge in [-0.15, -0.1) is 0 Å². The van der Waals surface area contributed by atoms with Crippen LogP contribution >= 0.6 is 0 Å². The minimum absolute atomic E-state index is 0.0474. The summed E-state index contributed by atoms with van der Waals surface area (Å²) in [7, 11) is 0. The number of pyridine rings is 1. The number of aliphatic carboxylic acids is 1. The molecule has 33 heavy (non-hydrogen) atoms. The van der Waals surface area contributed by atoms with Crippen molar-refractivity contribution in [2.75, 3.05) is 32.8 Å². The summed E-state index contributed by atoms with van der Waals surface area (Å²) < 4.78 is 37.1. The predicted molar refractivity (Wildman–Crippen MR) is 108 cm³/mol. The zero-order chi connectivity index (χ0) is 24.8. The van der Waals surface area contributed by atoms with Crippen LogP contribution in [0.1, 0.15) is 37.0 Å². The fourth-order valence-corrected chi connectivity index (χ4v) is 4.14. The first-order chi connectivity index (χ1) is 15.4. The summed E-state index contributed by atoms with van der Waals surface area (Å²) in [6.45, 7) is 5.52. The number of fused-ring (bicyclic) bond motifs is 1. The van der Waals surface area contributed by atoms with Crippen molar-refractivity contribution in [2.45, 2.75) is 32.9 Å². The number of halogens is 3. The average Bonchev–Trinajstić information content (AvgIpc) is 3.03. The molecular weight excluding hydrogens is 447 g/mol. The standard InChI is InChI=1S/C19H25N3O4.C2HF3O2/c1-3-26-18(25)19-7-4-10-21(17(24)15-5-8-20-9-6-15)11-16(19)12-22(13-19)14(2)23;3-2(4,5)1(6)7/h5-6,8-9,16H,3-4,7,10-13H2,1-2H3;(H,6,7)/t16-,19-;/m0./s1. The Hall–Kier alpha value is -3.18. The molecule has 0 aromatic carbocycles. The Bertz CT molecular complexity index is 880. The van der Waals surface area contributed by atoms with E-state index in [4.69, 9.17) is 14.6 Å². The molecule has 0 unspecified atom stereocenters. The Morgan fingerprint density at radius 2 is 1.76 bits per heavy atom. The molecule has 2 fully saturated rings. The molecule has 0 spiro atoms. The maximum Gasteiger partial charge on any atom is 0.490 e. The third kappa shape index (κ3) is 6.20. The molecule has 2 saturated heterocycles. The summed E-state index contributed by atoms with van der Waals surface area (Å²) in [6, 6.07) is 3.39. The summed E-state index contributed by atoms with van der Waals surface area (Å²) in [4.78, 5) is 53.9. The van der Waals surface area contributed by atoms with E-state index in [1.807, 2.05) is 0 Å². The number of carboxylic acid groups (broad SMARTS) is 1. The maximum atomic E-state index is 12.9. The Morgan fingerprint density at radius 1 is 1.18 bits per heavy atom. The zero-order valence-electron chi connectivity index (χ0n) is 18.3. The molecule has 0 bridgehead atoms. The number of nitrogens with zero attached hydrogens (tertiary/aromatic N) is 3. The highest BCUT2D eigenvalue weighted by Crippen LogP contribution is 2.44. The first-order valence-electron chi connectivity index (χ1n) is 10.3. The first kappa shape index (κ1) is 26.1. The Kier molecular flexibility index (Phi) is 8.39. The second kappa shape index (κ2) is 10.6. The van der Waals surface area contributed by atoms with Gasteiger partial charge in [0.25, 0.3) is 5.91 Å². The van der Waals surface area contributed by atoms with Crippen molar-refractivity contribution in [3.63, 3.8) is 0 Å². The van der Waals surface area contributed by atoms with Crippen LogP contribution in [0.5, 0.6) is 0 Å². The summed E-state index contributed by atoms with van der Waals surface area (Å²) in [6.07, 6.45) is -0.555. The molecule has 9 nitrogen and oxygen atoms in total. The normalized spacial score (nSPS) is 22.4. The van der Waals surface area contributed by atoms with Gasteiger partial charge < -0.3 is 19.6 Å². The van der Waals surface area contributed by atoms with Gasteiger partial charge in [-0.3, -0.25) is 19.4 Å². The van der Waals surface area contributed by atoms with E-state index in [0.29, 0.717) is 51.2 Å². The van der Waals surface area contributed by atoms with Crippen molar-refractivity contribution < 1.29 is 42.2 Å². The highest BCUT2D eigenvalue weighted by Gasteiger charge is 2.55. The fraction of sp³-hybridized carbons (Fsp3) is 0.571. The number of carbonyl (C=O) groups excluding carboxylic acids is 3. The van der Waals surface area contributed by atoms with Gasteiger partial charge in [0.2, 0.25) is 5.91 Å². The number of carbonyl (C=O) groups is 4. The zero-order valence-corrected chi connectivity index (χ0v) is 18.3. The number of rotatable bonds is 3. The van der Waals surface area contributed by atoms with Crippen LogP contribution in [0.25, 0.3) is 0 Å². The van der Waals surface area contributed by atoms with Gasteiger partial charge in [0.1, 0.15) is 0 Å². The van der Waals surface area contributed by atoms with Crippen molar-refractivity contribution >= 4 is 23.8 Å². The number of esters is 1. The molecule has 3 heterocycles. The summed E-state index contributed by atoms with van der Waals surface area (Å²) in [5.41, 5.74) is -0.125. The van der Waals surface area contributed by atoms with E-state index in [0.717, 1.165) is 0 Å². The number of alkyl halides is 3. The SMILES string of the molecule is CCOC(=O)[C@]12CCCN(C(=O)c3ccncc3)C[C@H]1CN(C(C)=O)C2.O=C(O)C(F)(F)F. The molecule has 0 saturated carbocycles. The van der Waals surface area contributed by atoms with Crippen molar-refractivity contribution in [3.8, 4) is 0 Å². The van der Waals surface area contributed by atoms with Crippen molar-refractivity contribution in [1.82, 2.24) is 14.8 Å². The smallest absolute Gasteiger partial charge is 0.475 e. The molecule has 12 heteroatoms. The van der Waals surface area contributed by atoms with Crippen LogP contribution in [-0.4, -0.2) is 82.6 Å². The van der Waals surface area contributed by atoms with Gasteiger partial charge in [0, 0.05) is 57.0 Å². The van der Waals surface area contributed by atoms with Crippen LogP contribution in [0.4, 0.5) is 13.2 Å².